The lowest BCUT2D eigenvalue weighted by Gasteiger charge is -2.11. The third kappa shape index (κ3) is 4.51. The van der Waals surface area contributed by atoms with E-state index in [1.165, 1.54) is 14.9 Å². The van der Waals surface area contributed by atoms with Crippen LogP contribution in [0, 0.1) is 13.8 Å². The first-order valence-corrected chi connectivity index (χ1v) is 10.6. The molecule has 0 saturated heterocycles. The summed E-state index contributed by atoms with van der Waals surface area (Å²) in [6.45, 7) is 4.10. The summed E-state index contributed by atoms with van der Waals surface area (Å²) < 4.78 is 3.55. The zero-order chi connectivity index (χ0) is 19.4. The van der Waals surface area contributed by atoms with Crippen molar-refractivity contribution in [2.75, 3.05) is 6.26 Å². The Morgan fingerprint density at radius 2 is 1.85 bits per heavy atom. The fraction of sp³-hybridized carbons (Fsp3) is 0.263. The van der Waals surface area contributed by atoms with E-state index in [2.05, 4.69) is 29.5 Å². The molecule has 0 aliphatic rings. The molecule has 1 heterocycles. The van der Waals surface area contributed by atoms with Gasteiger partial charge < -0.3 is 0 Å². The Labute approximate surface area is 166 Å². The summed E-state index contributed by atoms with van der Waals surface area (Å²) >= 11 is 3.27. The van der Waals surface area contributed by atoms with Crippen LogP contribution in [0.25, 0.3) is 5.69 Å². The van der Waals surface area contributed by atoms with Crippen LogP contribution >= 0.6 is 23.5 Å². The van der Waals surface area contributed by atoms with Gasteiger partial charge in [-0.3, -0.25) is 0 Å². The minimum Gasteiger partial charge on any atom is -0.244 e. The Kier molecular flexibility index (Phi) is 6.18. The summed E-state index contributed by atoms with van der Waals surface area (Å²) in [6.07, 6.45) is 2.02. The zero-order valence-corrected chi connectivity index (χ0v) is 17.3. The summed E-state index contributed by atoms with van der Waals surface area (Å²) in [7, 11) is 1.59. The molecule has 0 bridgehead atoms. The van der Waals surface area contributed by atoms with E-state index in [-0.39, 0.29) is 5.69 Å². The monoisotopic (exact) mass is 399 g/mol. The fourth-order valence-electron chi connectivity index (χ4n) is 2.53. The molecule has 0 saturated carbocycles. The van der Waals surface area contributed by atoms with Crippen LogP contribution in [0.15, 0.2) is 52.3 Å². The van der Waals surface area contributed by atoms with Gasteiger partial charge in [-0.25, -0.2) is 9.79 Å². The number of aliphatic imine (C=N–C) groups is 1. The number of benzene rings is 2. The van der Waals surface area contributed by atoms with Crippen molar-refractivity contribution in [2.24, 2.45) is 12.0 Å². The minimum atomic E-state index is -0.259. The molecule has 27 heavy (non-hydrogen) atoms. The highest BCUT2D eigenvalue weighted by atomic mass is 32.2. The van der Waals surface area contributed by atoms with Crippen molar-refractivity contribution in [2.45, 2.75) is 19.6 Å². The lowest BCUT2D eigenvalue weighted by molar-refractivity contribution is 0.692. The van der Waals surface area contributed by atoms with E-state index < -0.39 is 0 Å². The van der Waals surface area contributed by atoms with Gasteiger partial charge in [-0.1, -0.05) is 41.6 Å². The molecule has 0 atom stereocenters. The molecular formula is C19H21N5OS2. The lowest BCUT2D eigenvalue weighted by atomic mass is 10.1. The average Bonchev–Trinajstić information content (AvgIpc) is 3.00. The van der Waals surface area contributed by atoms with Crippen LogP contribution in [-0.4, -0.2) is 30.4 Å². The van der Waals surface area contributed by atoms with Crippen LogP contribution in [0.5, 0.6) is 0 Å². The molecule has 0 aliphatic carbocycles. The summed E-state index contributed by atoms with van der Waals surface area (Å²) in [5.74, 6) is 0.691. The molecule has 0 amide bonds. The van der Waals surface area contributed by atoms with Gasteiger partial charge in [0.15, 0.2) is 0 Å². The maximum Gasteiger partial charge on any atom is 0.368 e. The summed E-state index contributed by atoms with van der Waals surface area (Å²) in [4.78, 5) is 17.0. The van der Waals surface area contributed by atoms with Crippen LogP contribution in [0.3, 0.4) is 0 Å². The van der Waals surface area contributed by atoms with Gasteiger partial charge in [0.1, 0.15) is 4.38 Å². The first kappa shape index (κ1) is 19.4. The molecule has 0 fully saturated rings. The number of aromatic nitrogens is 4. The van der Waals surface area contributed by atoms with Crippen LogP contribution in [0.2, 0.25) is 0 Å². The largest absolute Gasteiger partial charge is 0.368 e. The summed E-state index contributed by atoms with van der Waals surface area (Å²) in [5, 5.41) is 7.80. The van der Waals surface area contributed by atoms with Gasteiger partial charge in [0.25, 0.3) is 0 Å². The van der Waals surface area contributed by atoms with Gasteiger partial charge in [-0.05, 0) is 59.9 Å². The van der Waals surface area contributed by atoms with Crippen molar-refractivity contribution < 1.29 is 0 Å². The van der Waals surface area contributed by atoms with Crippen LogP contribution in [-0.2, 0) is 12.8 Å². The predicted molar refractivity (Wildman–Crippen MR) is 114 cm³/mol. The second-order valence-corrected chi connectivity index (χ2v) is 8.09. The van der Waals surface area contributed by atoms with Gasteiger partial charge in [0.2, 0.25) is 0 Å². The summed E-state index contributed by atoms with van der Waals surface area (Å²) in [6, 6.07) is 14.0. The first-order valence-electron chi connectivity index (χ1n) is 8.39. The molecule has 3 rings (SSSR count). The smallest absolute Gasteiger partial charge is 0.244 e. The molecule has 6 nitrogen and oxygen atoms in total. The Bertz CT molecular complexity index is 1020. The van der Waals surface area contributed by atoms with E-state index in [0.717, 1.165) is 26.9 Å². The van der Waals surface area contributed by atoms with E-state index in [1.54, 1.807) is 30.6 Å². The van der Waals surface area contributed by atoms with Crippen molar-refractivity contribution in [3.05, 3.63) is 69.6 Å². The highest BCUT2D eigenvalue weighted by molar-refractivity contribution is 8.38. The van der Waals surface area contributed by atoms with E-state index >= 15 is 0 Å². The Morgan fingerprint density at radius 3 is 2.48 bits per heavy atom. The Morgan fingerprint density at radius 1 is 1.11 bits per heavy atom. The van der Waals surface area contributed by atoms with Crippen LogP contribution in [0.4, 0.5) is 5.69 Å². The van der Waals surface area contributed by atoms with Gasteiger partial charge >= 0.3 is 5.69 Å². The highest BCUT2D eigenvalue weighted by Crippen LogP contribution is 2.28. The SMILES string of the molecule is CSC(=Nc1ccc(C)cc1)SCc1c(C)cccc1-n1nnn(C)c1=O. The van der Waals surface area contributed by atoms with E-state index in [0.29, 0.717) is 5.75 Å². The van der Waals surface area contributed by atoms with Crippen molar-refractivity contribution in [3.8, 4) is 5.69 Å². The minimum absolute atomic E-state index is 0.259. The van der Waals surface area contributed by atoms with Crippen LogP contribution < -0.4 is 5.69 Å². The number of rotatable bonds is 4. The molecule has 0 radical (unpaired) electrons. The molecule has 2 aromatic carbocycles. The maximum absolute atomic E-state index is 12.3. The van der Waals surface area contributed by atoms with Crippen molar-refractivity contribution >= 4 is 33.6 Å². The van der Waals surface area contributed by atoms with Crippen molar-refractivity contribution in [3.63, 3.8) is 0 Å². The molecule has 0 N–H and O–H groups in total. The normalized spacial score (nSPS) is 11.8. The molecular weight excluding hydrogens is 378 g/mol. The van der Waals surface area contributed by atoms with E-state index in [4.69, 9.17) is 4.99 Å². The van der Waals surface area contributed by atoms with Gasteiger partial charge in [-0.15, -0.1) is 11.8 Å². The number of hydrogen-bond acceptors (Lipinski definition) is 6. The molecule has 0 spiro atoms. The zero-order valence-electron chi connectivity index (χ0n) is 15.7. The van der Waals surface area contributed by atoms with E-state index in [1.807, 2.05) is 43.5 Å². The third-order valence-corrected chi connectivity index (χ3v) is 6.17. The number of thioether (sulfide) groups is 2. The number of tetrazole rings is 1. The van der Waals surface area contributed by atoms with Crippen LogP contribution in [0.1, 0.15) is 16.7 Å². The van der Waals surface area contributed by atoms with E-state index in [9.17, 15) is 4.79 Å². The molecule has 0 aliphatic heterocycles. The highest BCUT2D eigenvalue weighted by Gasteiger charge is 2.14. The second-order valence-electron chi connectivity index (χ2n) is 6.08. The van der Waals surface area contributed by atoms with Gasteiger partial charge in [0.05, 0.1) is 11.4 Å². The lowest BCUT2D eigenvalue weighted by Crippen LogP contribution is -2.23. The van der Waals surface area contributed by atoms with Gasteiger partial charge in [-0.2, -0.15) is 9.36 Å². The topological polar surface area (TPSA) is 65.1 Å². The predicted octanol–water partition coefficient (Wildman–Crippen LogP) is 3.87. The number of hydrogen-bond donors (Lipinski definition) is 0. The standard InChI is InChI=1S/C19H21N5OS2/c1-13-8-10-15(11-9-13)20-18(26-4)27-12-16-14(2)6-5-7-17(16)24-19(25)23(3)21-22-24/h5-11H,12H2,1-4H3. The Hall–Kier alpha value is -2.32. The van der Waals surface area contributed by atoms with Gasteiger partial charge in [0, 0.05) is 12.8 Å². The Balaban J connectivity index is 1.88. The maximum atomic E-state index is 12.3. The molecule has 140 valence electrons. The van der Waals surface area contributed by atoms with Crippen molar-refractivity contribution in [1.29, 1.82) is 0 Å². The molecule has 3 aromatic rings. The third-order valence-electron chi connectivity index (χ3n) is 4.10. The second kappa shape index (κ2) is 8.58. The summed E-state index contributed by atoms with van der Waals surface area (Å²) in [5.41, 5.74) is 4.81. The quantitative estimate of drug-likeness (QED) is 0.492. The van der Waals surface area contributed by atoms with Crippen molar-refractivity contribution in [1.82, 2.24) is 19.8 Å². The average molecular weight is 400 g/mol. The molecule has 0 unspecified atom stereocenters. The first-order chi connectivity index (χ1) is 13.0. The fourth-order valence-corrected chi connectivity index (χ4v) is 4.19. The molecule has 8 heteroatoms. The number of nitrogens with zero attached hydrogens (tertiary/aromatic N) is 5. The molecule has 1 aromatic heterocycles. The number of aryl methyl sites for hydroxylation is 3.